The Morgan fingerprint density at radius 3 is 1.36 bits per heavy atom. The lowest BCUT2D eigenvalue weighted by Gasteiger charge is -2.21. The molecule has 0 saturated carbocycles. The lowest BCUT2D eigenvalue weighted by molar-refractivity contribution is -0.141. The van der Waals surface area contributed by atoms with Gasteiger partial charge in [0, 0.05) is 19.4 Å². The van der Waals surface area contributed by atoms with Gasteiger partial charge in [-0.2, -0.15) is 4.91 Å². The standard InChI is InChI=1S/C21H42O.C20H40N2O3.C12H26/c1-5-8-11-13-14-15-18-21(17-10-7-3)20(4)22-19-16-12-9-6-2;1-3-4-5-11-16-22(18-14-15-21-24)17-12-9-7-6-8-10-13-19-25-20(2)23;1-4-6-8-9-11-12(3)10-7-5-2/h21H,4-19H2,1-3H3;3-19H2,1-2H3;12H,4-11H2,1-3H3. The van der Waals surface area contributed by atoms with Gasteiger partial charge in [-0.1, -0.05) is 234 Å². The number of nitroso groups, excluding NO2 is 1. The van der Waals surface area contributed by atoms with E-state index in [-0.39, 0.29) is 5.97 Å². The van der Waals surface area contributed by atoms with Crippen molar-refractivity contribution < 1.29 is 14.3 Å². The van der Waals surface area contributed by atoms with Gasteiger partial charge in [0.25, 0.3) is 0 Å². The van der Waals surface area contributed by atoms with Crippen molar-refractivity contribution in [2.45, 2.75) is 274 Å². The molecule has 0 aliphatic rings. The summed E-state index contributed by atoms with van der Waals surface area (Å²) < 4.78 is 10.9. The molecule has 0 radical (unpaired) electrons. The summed E-state index contributed by atoms with van der Waals surface area (Å²) >= 11 is 0. The van der Waals surface area contributed by atoms with Crippen LogP contribution in [0.4, 0.5) is 0 Å². The van der Waals surface area contributed by atoms with E-state index in [4.69, 9.17) is 9.47 Å². The van der Waals surface area contributed by atoms with Gasteiger partial charge < -0.3 is 14.4 Å². The van der Waals surface area contributed by atoms with Crippen LogP contribution in [0, 0.1) is 16.7 Å². The maximum absolute atomic E-state index is 10.6. The van der Waals surface area contributed by atoms with Crippen molar-refractivity contribution in [3.63, 3.8) is 0 Å². The highest BCUT2D eigenvalue weighted by Gasteiger charge is 2.13. The van der Waals surface area contributed by atoms with E-state index in [1.807, 2.05) is 0 Å². The third-order valence-corrected chi connectivity index (χ3v) is 11.6. The van der Waals surface area contributed by atoms with Crippen LogP contribution in [0.15, 0.2) is 17.5 Å². The smallest absolute Gasteiger partial charge is 0.302 e. The van der Waals surface area contributed by atoms with Crippen LogP contribution in [0.1, 0.15) is 274 Å². The molecule has 59 heavy (non-hydrogen) atoms. The van der Waals surface area contributed by atoms with Gasteiger partial charge in [0.05, 0.1) is 25.5 Å². The van der Waals surface area contributed by atoms with E-state index in [1.54, 1.807) is 0 Å². The van der Waals surface area contributed by atoms with Crippen LogP contribution in [0.3, 0.4) is 0 Å². The first-order valence-electron chi connectivity index (χ1n) is 26.2. The largest absolute Gasteiger partial charge is 0.498 e. The quantitative estimate of drug-likeness (QED) is 0.0265. The van der Waals surface area contributed by atoms with Crippen molar-refractivity contribution in [1.82, 2.24) is 4.90 Å². The second-order valence-corrected chi connectivity index (χ2v) is 17.8. The van der Waals surface area contributed by atoms with Gasteiger partial charge in [-0.05, 0) is 64.0 Å². The van der Waals surface area contributed by atoms with Crippen molar-refractivity contribution in [3.05, 3.63) is 17.2 Å². The molecular weight excluding hydrogens is 729 g/mol. The zero-order chi connectivity index (χ0) is 44.3. The number of hydrogen-bond acceptors (Lipinski definition) is 6. The van der Waals surface area contributed by atoms with Crippen molar-refractivity contribution >= 4 is 5.97 Å². The van der Waals surface area contributed by atoms with Gasteiger partial charge in [-0.25, -0.2) is 0 Å². The molecule has 0 spiro atoms. The Labute approximate surface area is 371 Å². The molecule has 0 aliphatic carbocycles. The average Bonchev–Trinajstić information content (AvgIpc) is 3.23. The second-order valence-electron chi connectivity index (χ2n) is 17.8. The third kappa shape index (κ3) is 54.6. The van der Waals surface area contributed by atoms with Crippen molar-refractivity contribution in [3.8, 4) is 0 Å². The summed E-state index contributed by atoms with van der Waals surface area (Å²) in [5.41, 5.74) is 0. The minimum absolute atomic E-state index is 0.178. The molecule has 0 aromatic carbocycles. The Morgan fingerprint density at radius 1 is 0.475 bits per heavy atom. The number of esters is 1. The van der Waals surface area contributed by atoms with Gasteiger partial charge >= 0.3 is 5.97 Å². The van der Waals surface area contributed by atoms with E-state index < -0.39 is 0 Å². The molecule has 354 valence electrons. The Balaban J connectivity index is -0.000000844. The molecule has 0 N–H and O–H groups in total. The molecule has 2 atom stereocenters. The molecule has 0 fully saturated rings. The minimum Gasteiger partial charge on any atom is -0.498 e. The predicted molar refractivity (Wildman–Crippen MR) is 263 cm³/mol. The summed E-state index contributed by atoms with van der Waals surface area (Å²) in [5.74, 6) is 2.46. The summed E-state index contributed by atoms with van der Waals surface area (Å²) in [5, 5.41) is 2.97. The van der Waals surface area contributed by atoms with Crippen LogP contribution in [-0.2, 0) is 14.3 Å². The Bertz CT molecular complexity index is 821. The van der Waals surface area contributed by atoms with E-state index >= 15 is 0 Å². The molecular formula is C53H108N2O4. The van der Waals surface area contributed by atoms with E-state index in [2.05, 4.69) is 65.1 Å². The summed E-state index contributed by atoms with van der Waals surface area (Å²) in [7, 11) is 0. The van der Waals surface area contributed by atoms with Crippen LogP contribution in [0.5, 0.6) is 0 Å². The van der Waals surface area contributed by atoms with Gasteiger partial charge in [-0.3, -0.25) is 4.79 Å². The van der Waals surface area contributed by atoms with Crippen molar-refractivity contribution in [2.75, 3.05) is 39.4 Å². The normalized spacial score (nSPS) is 11.9. The molecule has 0 aromatic heterocycles. The van der Waals surface area contributed by atoms with E-state index in [0.717, 1.165) is 57.2 Å². The van der Waals surface area contributed by atoms with Gasteiger partial charge in [0.1, 0.15) is 0 Å². The zero-order valence-electron chi connectivity index (χ0n) is 41.7. The molecule has 0 aromatic rings. The fourth-order valence-corrected chi connectivity index (χ4v) is 7.55. The molecule has 6 nitrogen and oxygen atoms in total. The highest BCUT2D eigenvalue weighted by Crippen LogP contribution is 2.25. The summed E-state index contributed by atoms with van der Waals surface area (Å²) in [6.07, 6.45) is 44.4. The maximum Gasteiger partial charge on any atom is 0.302 e. The molecule has 0 aliphatic heterocycles. The van der Waals surface area contributed by atoms with Gasteiger partial charge in [0.2, 0.25) is 0 Å². The lowest BCUT2D eigenvalue weighted by Crippen LogP contribution is -2.27. The number of carbonyl (C=O) groups is 1. The van der Waals surface area contributed by atoms with Crippen molar-refractivity contribution in [1.29, 1.82) is 0 Å². The Hall–Kier alpha value is -1.43. The topological polar surface area (TPSA) is 68.2 Å². The van der Waals surface area contributed by atoms with Gasteiger partial charge in [0.15, 0.2) is 0 Å². The molecule has 0 heterocycles. The summed E-state index contributed by atoms with van der Waals surface area (Å²) in [4.78, 5) is 23.4. The third-order valence-electron chi connectivity index (χ3n) is 11.6. The first-order valence-corrected chi connectivity index (χ1v) is 26.2. The van der Waals surface area contributed by atoms with Crippen LogP contribution in [-0.4, -0.2) is 50.3 Å². The number of allylic oxidation sites excluding steroid dienone is 1. The van der Waals surface area contributed by atoms with E-state index in [0.29, 0.717) is 19.1 Å². The SMILES string of the molecule is C=C(OCCCCCC)C(CCCC)CCCCCCCC.CCCCCCC(C)CCCC.CCCCCCN(CCCCCCCCCOC(C)=O)CCCN=O. The second kappa shape index (κ2) is 54.6. The molecule has 0 bridgehead atoms. The van der Waals surface area contributed by atoms with Crippen LogP contribution >= 0.6 is 0 Å². The van der Waals surface area contributed by atoms with Crippen LogP contribution < -0.4 is 0 Å². The molecule has 2 unspecified atom stereocenters. The number of nitrogens with zero attached hydrogens (tertiary/aromatic N) is 2. The molecule has 6 heteroatoms. The Morgan fingerprint density at radius 2 is 0.831 bits per heavy atom. The number of rotatable bonds is 44. The zero-order valence-corrected chi connectivity index (χ0v) is 41.7. The fourth-order valence-electron chi connectivity index (χ4n) is 7.55. The van der Waals surface area contributed by atoms with E-state index in [9.17, 15) is 9.70 Å². The number of hydrogen-bond donors (Lipinski definition) is 0. The minimum atomic E-state index is -0.178. The number of ether oxygens (including phenoxy) is 2. The molecule has 0 amide bonds. The van der Waals surface area contributed by atoms with E-state index in [1.165, 1.54) is 206 Å². The first-order chi connectivity index (χ1) is 28.8. The monoisotopic (exact) mass is 837 g/mol. The first kappa shape index (κ1) is 61.9. The number of carbonyl (C=O) groups excluding carboxylic acids is 1. The maximum atomic E-state index is 10.6. The molecule has 0 rings (SSSR count). The van der Waals surface area contributed by atoms with Gasteiger partial charge in [-0.15, -0.1) is 0 Å². The number of unbranched alkanes of at least 4 members (excludes halogenated alkanes) is 22. The lowest BCUT2D eigenvalue weighted by atomic mass is 9.93. The van der Waals surface area contributed by atoms with Crippen molar-refractivity contribution in [2.24, 2.45) is 17.0 Å². The Kier molecular flexibility index (Phi) is 57.2. The summed E-state index contributed by atoms with van der Waals surface area (Å²) in [6.45, 7) is 26.9. The van der Waals surface area contributed by atoms with Crippen LogP contribution in [0.2, 0.25) is 0 Å². The highest BCUT2D eigenvalue weighted by molar-refractivity contribution is 5.65. The van der Waals surface area contributed by atoms with Crippen LogP contribution in [0.25, 0.3) is 0 Å². The predicted octanol–water partition coefficient (Wildman–Crippen LogP) is 17.8. The highest BCUT2D eigenvalue weighted by atomic mass is 16.5. The summed E-state index contributed by atoms with van der Waals surface area (Å²) in [6, 6.07) is 0. The molecule has 0 saturated heterocycles. The average molecular weight is 837 g/mol. The fraction of sp³-hybridized carbons (Fsp3) is 0.943.